The summed E-state index contributed by atoms with van der Waals surface area (Å²) in [6.07, 6.45) is 1.75. The first-order valence-corrected chi connectivity index (χ1v) is 13.0. The molecular weight excluding hydrogens is 498 g/mol. The second kappa shape index (κ2) is 10.7. The Morgan fingerprint density at radius 2 is 1.89 bits per heavy atom. The number of rotatable bonds is 7. The van der Waals surface area contributed by atoms with Crippen LogP contribution in [0.1, 0.15) is 44.9 Å². The Morgan fingerprint density at radius 1 is 1.19 bits per heavy atom. The van der Waals surface area contributed by atoms with Crippen LogP contribution < -0.4 is 19.6 Å². The smallest absolute Gasteiger partial charge is 0.271 e. The number of benzene rings is 2. The van der Waals surface area contributed by atoms with Crippen molar-refractivity contribution in [3.8, 4) is 11.5 Å². The molecule has 0 fully saturated rings. The van der Waals surface area contributed by atoms with Crippen LogP contribution in [0.5, 0.6) is 11.5 Å². The third-order valence-electron chi connectivity index (χ3n) is 6.07. The van der Waals surface area contributed by atoms with E-state index in [2.05, 4.69) is 4.99 Å². The molecule has 0 saturated heterocycles. The second-order valence-corrected chi connectivity index (χ2v) is 9.72. The van der Waals surface area contributed by atoms with E-state index in [1.54, 1.807) is 39.8 Å². The van der Waals surface area contributed by atoms with Crippen molar-refractivity contribution in [1.82, 2.24) is 9.47 Å². The number of phenolic OH excluding ortho intramolecular Hbond substituents is 1. The zero-order valence-electron chi connectivity index (χ0n) is 20.6. The number of aromatic hydroxyl groups is 1. The van der Waals surface area contributed by atoms with Crippen LogP contribution in [0.15, 0.2) is 63.5 Å². The number of thiazole rings is 1. The highest BCUT2D eigenvalue weighted by molar-refractivity contribution is 7.07. The van der Waals surface area contributed by atoms with Crippen LogP contribution >= 0.6 is 22.9 Å². The molecule has 1 atom stereocenters. The molecule has 1 aromatic heterocycles. The number of carbonyl (C=O) groups is 1. The number of nitrogens with zero attached hydrogens (tertiary/aromatic N) is 3. The molecule has 9 heteroatoms. The number of hydrogen-bond donors (Lipinski definition) is 1. The van der Waals surface area contributed by atoms with Crippen LogP contribution in [0.3, 0.4) is 0 Å². The monoisotopic (exact) mass is 525 g/mol. The fourth-order valence-electron chi connectivity index (χ4n) is 4.28. The van der Waals surface area contributed by atoms with Crippen molar-refractivity contribution in [2.24, 2.45) is 4.99 Å². The first kappa shape index (κ1) is 25.7. The Balaban J connectivity index is 1.93. The Bertz CT molecular complexity index is 1500. The second-order valence-electron chi connectivity index (χ2n) is 8.27. The standard InChI is InChI=1S/C27H28ClN3O4S/c1-5-30(6-2)26(34)23-16(4)29-27-31(24(23)18-9-11-19(28)12-10-18)25(33)22(36-27)15-17-8-13-20(32)21(14-17)35-7-3/h8-15,24,32H,5-7H2,1-4H3/b22-15+/t24-/m1/s1. The van der Waals surface area contributed by atoms with Crippen molar-refractivity contribution >= 4 is 34.9 Å². The van der Waals surface area contributed by atoms with Crippen LogP contribution in [0.2, 0.25) is 5.02 Å². The van der Waals surface area contributed by atoms with Crippen molar-refractivity contribution < 1.29 is 14.6 Å². The SMILES string of the molecule is CCOc1cc(/C=c2/sc3n(c2=O)[C@H](c2ccc(Cl)cc2)C(C(=O)N(CC)CC)=C(C)N=3)ccc1O. The number of fused-ring (bicyclic) bond motifs is 1. The van der Waals surface area contributed by atoms with E-state index in [-0.39, 0.29) is 17.2 Å². The van der Waals surface area contributed by atoms with Gasteiger partial charge in [0.1, 0.15) is 0 Å². The molecule has 36 heavy (non-hydrogen) atoms. The number of amides is 1. The lowest BCUT2D eigenvalue weighted by atomic mass is 9.94. The normalized spacial score (nSPS) is 15.5. The molecule has 0 saturated carbocycles. The number of likely N-dealkylation sites (N-methyl/N-ethyl adjacent to an activating group) is 1. The molecule has 0 aliphatic carbocycles. The summed E-state index contributed by atoms with van der Waals surface area (Å²) in [5, 5.41) is 10.6. The summed E-state index contributed by atoms with van der Waals surface area (Å²) in [7, 11) is 0. The molecule has 1 aliphatic rings. The molecule has 0 unspecified atom stereocenters. The van der Waals surface area contributed by atoms with Crippen molar-refractivity contribution in [3.05, 3.63) is 89.6 Å². The maximum absolute atomic E-state index is 13.8. The minimum Gasteiger partial charge on any atom is -0.504 e. The number of ether oxygens (including phenoxy) is 1. The highest BCUT2D eigenvalue weighted by atomic mass is 35.5. The Kier molecular flexibility index (Phi) is 7.66. The molecule has 188 valence electrons. The lowest BCUT2D eigenvalue weighted by molar-refractivity contribution is -0.127. The number of carbonyl (C=O) groups excluding carboxylic acids is 1. The van der Waals surface area contributed by atoms with Crippen LogP contribution in [0, 0.1) is 0 Å². The van der Waals surface area contributed by atoms with Crippen LogP contribution in [-0.2, 0) is 4.79 Å². The predicted octanol–water partition coefficient (Wildman–Crippen LogP) is 3.86. The maximum atomic E-state index is 13.8. The molecule has 3 aromatic rings. The quantitative estimate of drug-likeness (QED) is 0.507. The summed E-state index contributed by atoms with van der Waals surface area (Å²) in [5.41, 5.74) is 2.30. The van der Waals surface area contributed by atoms with E-state index >= 15 is 0 Å². The van der Waals surface area contributed by atoms with Gasteiger partial charge >= 0.3 is 0 Å². The van der Waals surface area contributed by atoms with Crippen molar-refractivity contribution in [3.63, 3.8) is 0 Å². The number of phenols is 1. The van der Waals surface area contributed by atoms with Crippen LogP contribution in [-0.4, -0.2) is 40.2 Å². The molecular formula is C27H28ClN3O4S. The van der Waals surface area contributed by atoms with Crippen molar-refractivity contribution in [2.45, 2.75) is 33.7 Å². The average Bonchev–Trinajstić information content (AvgIpc) is 3.16. The summed E-state index contributed by atoms with van der Waals surface area (Å²) in [5.74, 6) is 0.241. The van der Waals surface area contributed by atoms with Gasteiger partial charge in [0.2, 0.25) is 0 Å². The van der Waals surface area contributed by atoms with Gasteiger partial charge in [-0.25, -0.2) is 4.99 Å². The van der Waals surface area contributed by atoms with E-state index in [9.17, 15) is 14.7 Å². The third kappa shape index (κ3) is 4.83. The Labute approximate surface area is 218 Å². The molecule has 0 spiro atoms. The van der Waals surface area contributed by atoms with E-state index in [0.717, 1.165) is 5.56 Å². The fourth-order valence-corrected chi connectivity index (χ4v) is 5.45. The van der Waals surface area contributed by atoms with E-state index in [1.165, 1.54) is 17.4 Å². The van der Waals surface area contributed by atoms with Gasteiger partial charge in [-0.15, -0.1) is 0 Å². The van der Waals surface area contributed by atoms with Crippen molar-refractivity contribution in [2.75, 3.05) is 19.7 Å². The highest BCUT2D eigenvalue weighted by Gasteiger charge is 2.34. The van der Waals surface area contributed by atoms with E-state index in [0.29, 0.717) is 56.6 Å². The number of hydrogen-bond acceptors (Lipinski definition) is 6. The molecule has 0 bridgehead atoms. The number of halogens is 1. The van der Waals surface area contributed by atoms with E-state index < -0.39 is 6.04 Å². The minimum absolute atomic E-state index is 0.0355. The van der Waals surface area contributed by atoms with Gasteiger partial charge in [-0.3, -0.25) is 14.2 Å². The van der Waals surface area contributed by atoms with Gasteiger partial charge in [0.15, 0.2) is 16.3 Å². The molecule has 1 N–H and O–H groups in total. The first-order chi connectivity index (χ1) is 17.3. The fraction of sp³-hybridized carbons (Fsp3) is 0.296. The van der Waals surface area contributed by atoms with E-state index in [1.807, 2.05) is 39.8 Å². The molecule has 1 amide bonds. The average molecular weight is 526 g/mol. The highest BCUT2D eigenvalue weighted by Crippen LogP contribution is 2.32. The lowest BCUT2D eigenvalue weighted by Gasteiger charge is -2.29. The largest absolute Gasteiger partial charge is 0.504 e. The zero-order chi connectivity index (χ0) is 26.0. The molecule has 7 nitrogen and oxygen atoms in total. The topological polar surface area (TPSA) is 84.1 Å². The minimum atomic E-state index is -0.632. The molecule has 2 heterocycles. The van der Waals surface area contributed by atoms with E-state index in [4.69, 9.17) is 16.3 Å². The number of aromatic nitrogens is 1. The van der Waals surface area contributed by atoms with Gasteiger partial charge in [-0.2, -0.15) is 0 Å². The van der Waals surface area contributed by atoms with Crippen molar-refractivity contribution in [1.29, 1.82) is 0 Å². The first-order valence-electron chi connectivity index (χ1n) is 11.8. The van der Waals surface area contributed by atoms with Crippen LogP contribution in [0.25, 0.3) is 6.08 Å². The zero-order valence-corrected chi connectivity index (χ0v) is 22.2. The predicted molar refractivity (Wildman–Crippen MR) is 142 cm³/mol. The number of allylic oxidation sites excluding steroid dienone is 1. The Morgan fingerprint density at radius 3 is 2.53 bits per heavy atom. The molecule has 2 aromatic carbocycles. The summed E-state index contributed by atoms with van der Waals surface area (Å²) >= 11 is 7.40. The van der Waals surface area contributed by atoms with Gasteiger partial charge < -0.3 is 14.7 Å². The molecule has 1 aliphatic heterocycles. The van der Waals surface area contributed by atoms with Gasteiger partial charge in [0.05, 0.1) is 28.5 Å². The van der Waals surface area contributed by atoms with Gasteiger partial charge in [-0.1, -0.05) is 41.1 Å². The maximum Gasteiger partial charge on any atom is 0.271 e. The lowest BCUT2D eigenvalue weighted by Crippen LogP contribution is -2.43. The Hall–Kier alpha value is -3.36. The van der Waals surface area contributed by atoms with Gasteiger partial charge in [0, 0.05) is 18.1 Å². The molecule has 0 radical (unpaired) electrons. The third-order valence-corrected chi connectivity index (χ3v) is 7.30. The summed E-state index contributed by atoms with van der Waals surface area (Å²) < 4.78 is 7.53. The summed E-state index contributed by atoms with van der Waals surface area (Å²) in [6.45, 7) is 9.00. The van der Waals surface area contributed by atoms with Gasteiger partial charge in [0.25, 0.3) is 11.5 Å². The van der Waals surface area contributed by atoms with Crippen LogP contribution in [0.4, 0.5) is 0 Å². The van der Waals surface area contributed by atoms with Gasteiger partial charge in [-0.05, 0) is 69.2 Å². The molecule has 4 rings (SSSR count). The summed E-state index contributed by atoms with van der Waals surface area (Å²) in [6, 6.07) is 11.5. The summed E-state index contributed by atoms with van der Waals surface area (Å²) in [4.78, 5) is 34.3.